The molecule has 0 aliphatic carbocycles. The molecule has 6 nitrogen and oxygen atoms in total. The van der Waals surface area contributed by atoms with E-state index in [9.17, 15) is 28.2 Å². The number of aliphatic hydroxyl groups excluding tert-OH is 2. The number of aliphatic hydroxyl groups is 2. The molecular formula is C26H25F3N2O4. The van der Waals surface area contributed by atoms with Gasteiger partial charge in [0.15, 0.2) is 5.43 Å². The van der Waals surface area contributed by atoms with Gasteiger partial charge in [-0.2, -0.15) is 13.2 Å². The number of rotatable bonds is 6. The Labute approximate surface area is 199 Å². The molecular weight excluding hydrogens is 461 g/mol. The van der Waals surface area contributed by atoms with Gasteiger partial charge in [-0.25, -0.2) is 4.98 Å². The van der Waals surface area contributed by atoms with Crippen LogP contribution in [-0.4, -0.2) is 32.5 Å². The van der Waals surface area contributed by atoms with Gasteiger partial charge in [0.1, 0.15) is 5.75 Å². The first kappa shape index (κ1) is 25.9. The molecule has 0 radical (unpaired) electrons. The van der Waals surface area contributed by atoms with Crippen LogP contribution in [0.25, 0.3) is 22.0 Å². The van der Waals surface area contributed by atoms with Gasteiger partial charge in [-0.05, 0) is 54.1 Å². The molecule has 2 heterocycles. The Hall–Kier alpha value is -3.69. The van der Waals surface area contributed by atoms with Crippen LogP contribution in [0.3, 0.4) is 0 Å². The summed E-state index contributed by atoms with van der Waals surface area (Å²) in [6.45, 7) is 3.65. The number of fused-ring (bicyclic) bond motifs is 1. The summed E-state index contributed by atoms with van der Waals surface area (Å²) in [6.07, 6.45) is -2.41. The Morgan fingerprint density at radius 1 is 1.06 bits per heavy atom. The highest BCUT2D eigenvalue weighted by molar-refractivity contribution is 5.85. The largest absolute Gasteiger partial charge is 0.438 e. The monoisotopic (exact) mass is 486 g/mol. The van der Waals surface area contributed by atoms with Crippen LogP contribution < -0.4 is 10.2 Å². The van der Waals surface area contributed by atoms with Crippen molar-refractivity contribution < 1.29 is 28.1 Å². The topological polar surface area (TPSA) is 84.6 Å². The van der Waals surface area contributed by atoms with E-state index in [-0.39, 0.29) is 23.6 Å². The normalized spacial score (nSPS) is 12.1. The van der Waals surface area contributed by atoms with Gasteiger partial charge in [0.2, 0.25) is 5.88 Å². The molecule has 0 spiro atoms. The fraction of sp³-hybridized carbons (Fsp3) is 0.231. The molecule has 0 fully saturated rings. The average molecular weight is 486 g/mol. The van der Waals surface area contributed by atoms with Crippen molar-refractivity contribution in [2.75, 3.05) is 6.61 Å². The number of hydrogen-bond acceptors (Lipinski definition) is 5. The summed E-state index contributed by atoms with van der Waals surface area (Å²) in [6, 6.07) is 14.2. The first-order valence-corrected chi connectivity index (χ1v) is 11.0. The summed E-state index contributed by atoms with van der Waals surface area (Å²) in [4.78, 5) is 16.5. The van der Waals surface area contributed by atoms with Crippen molar-refractivity contribution in [1.29, 1.82) is 0 Å². The van der Waals surface area contributed by atoms with Crippen LogP contribution in [0.1, 0.15) is 19.4 Å². The number of ether oxygens (including phenoxy) is 1. The van der Waals surface area contributed by atoms with Gasteiger partial charge in [0, 0.05) is 29.4 Å². The van der Waals surface area contributed by atoms with E-state index in [0.29, 0.717) is 22.0 Å². The third-order valence-electron chi connectivity index (χ3n) is 5.07. The van der Waals surface area contributed by atoms with Gasteiger partial charge in [-0.1, -0.05) is 19.9 Å². The van der Waals surface area contributed by atoms with E-state index in [1.165, 1.54) is 30.6 Å². The van der Waals surface area contributed by atoms with Gasteiger partial charge < -0.3 is 19.5 Å². The Kier molecular flexibility index (Phi) is 8.26. The summed E-state index contributed by atoms with van der Waals surface area (Å²) in [7, 11) is 0. The molecule has 0 aliphatic rings. The van der Waals surface area contributed by atoms with Crippen LogP contribution in [0.2, 0.25) is 0 Å². The summed E-state index contributed by atoms with van der Waals surface area (Å²) in [5, 5.41) is 19.5. The zero-order valence-electron chi connectivity index (χ0n) is 19.2. The molecule has 1 atom stereocenters. The van der Waals surface area contributed by atoms with Gasteiger partial charge >= 0.3 is 6.18 Å². The fourth-order valence-electron chi connectivity index (χ4n) is 3.43. The summed E-state index contributed by atoms with van der Waals surface area (Å²) < 4.78 is 45.9. The Bertz CT molecular complexity index is 1340. The molecule has 4 rings (SSSR count). The van der Waals surface area contributed by atoms with Crippen LogP contribution in [0.5, 0.6) is 11.6 Å². The summed E-state index contributed by atoms with van der Waals surface area (Å²) in [5.74, 6) is 0.364. The summed E-state index contributed by atoms with van der Waals surface area (Å²) in [5.41, 5.74) is 0.768. The van der Waals surface area contributed by atoms with E-state index in [4.69, 9.17) is 4.74 Å². The van der Waals surface area contributed by atoms with Crippen molar-refractivity contribution in [2.24, 2.45) is 0 Å². The maximum Gasteiger partial charge on any atom is 0.416 e. The number of halogens is 3. The maximum atomic E-state index is 12.8. The number of pyridine rings is 2. The van der Waals surface area contributed by atoms with Crippen LogP contribution in [0, 0.1) is 0 Å². The van der Waals surface area contributed by atoms with Crippen molar-refractivity contribution in [3.8, 4) is 22.8 Å². The van der Waals surface area contributed by atoms with Crippen molar-refractivity contribution in [1.82, 2.24) is 9.55 Å². The van der Waals surface area contributed by atoms with Crippen LogP contribution >= 0.6 is 0 Å². The minimum Gasteiger partial charge on any atom is -0.438 e. The number of hydrogen-bond donors (Lipinski definition) is 2. The zero-order chi connectivity index (χ0) is 25.6. The van der Waals surface area contributed by atoms with Crippen molar-refractivity contribution in [2.45, 2.75) is 32.7 Å². The second-order valence-corrected chi connectivity index (χ2v) is 7.38. The first-order valence-electron chi connectivity index (χ1n) is 11.0. The molecule has 9 heteroatoms. The Morgan fingerprint density at radius 3 is 2.43 bits per heavy atom. The summed E-state index contributed by atoms with van der Waals surface area (Å²) >= 11 is 0. The molecule has 0 aliphatic heterocycles. The lowest BCUT2D eigenvalue weighted by Crippen LogP contribution is -2.21. The predicted molar refractivity (Wildman–Crippen MR) is 127 cm³/mol. The molecule has 0 saturated carbocycles. The smallest absolute Gasteiger partial charge is 0.416 e. The number of aromatic nitrogens is 2. The average Bonchev–Trinajstić information content (AvgIpc) is 2.87. The zero-order valence-corrected chi connectivity index (χ0v) is 19.2. The number of alkyl halides is 3. The molecule has 2 aromatic heterocycles. The first-order chi connectivity index (χ1) is 16.8. The minimum absolute atomic E-state index is 0.0820. The number of benzene rings is 2. The molecule has 0 saturated heterocycles. The molecule has 2 aromatic carbocycles. The molecule has 2 N–H and O–H groups in total. The molecule has 1 unspecified atom stereocenters. The molecule has 35 heavy (non-hydrogen) atoms. The van der Waals surface area contributed by atoms with Crippen molar-refractivity contribution in [3.63, 3.8) is 0 Å². The second kappa shape index (κ2) is 11.2. The van der Waals surface area contributed by atoms with Gasteiger partial charge in [-0.3, -0.25) is 4.79 Å². The lowest BCUT2D eigenvalue weighted by molar-refractivity contribution is -0.137. The van der Waals surface area contributed by atoms with E-state index >= 15 is 0 Å². The lowest BCUT2D eigenvalue weighted by Gasteiger charge is -2.15. The SMILES string of the molecule is CC.O=c1ccn(CC(O)CO)c2cc(-c3cccnc3Oc3ccc(C(F)(F)F)cc3)ccc12. The van der Waals surface area contributed by atoms with E-state index in [0.717, 1.165) is 12.1 Å². The van der Waals surface area contributed by atoms with Gasteiger partial charge in [-0.15, -0.1) is 0 Å². The van der Waals surface area contributed by atoms with Gasteiger partial charge in [0.25, 0.3) is 0 Å². The van der Waals surface area contributed by atoms with E-state index in [2.05, 4.69) is 4.98 Å². The predicted octanol–water partition coefficient (Wildman–Crippen LogP) is 5.25. The molecule has 184 valence electrons. The van der Waals surface area contributed by atoms with E-state index in [1.807, 2.05) is 13.8 Å². The highest BCUT2D eigenvalue weighted by atomic mass is 19.4. The number of nitrogens with zero attached hydrogens (tertiary/aromatic N) is 2. The van der Waals surface area contributed by atoms with E-state index in [1.54, 1.807) is 34.9 Å². The molecule has 4 aromatic rings. The minimum atomic E-state index is -4.45. The third-order valence-corrected chi connectivity index (χ3v) is 5.07. The molecule has 0 amide bonds. The van der Waals surface area contributed by atoms with Crippen molar-refractivity contribution in [3.05, 3.63) is 88.8 Å². The molecule has 0 bridgehead atoms. The van der Waals surface area contributed by atoms with Crippen LogP contribution in [0.4, 0.5) is 13.2 Å². The standard InChI is InChI=1S/C24H19F3N2O4.C2H6/c25-24(26,27)16-4-6-18(7-5-16)33-23-19(2-1-10-28-23)15-3-8-20-21(12-15)29(11-9-22(20)32)13-17(31)14-30;1-2/h1-12,17,30-31H,13-14H2;1-2H3. The highest BCUT2D eigenvalue weighted by Crippen LogP contribution is 2.34. The quantitative estimate of drug-likeness (QED) is 0.389. The van der Waals surface area contributed by atoms with Crippen LogP contribution in [-0.2, 0) is 12.7 Å². The maximum absolute atomic E-state index is 12.8. The fourth-order valence-corrected chi connectivity index (χ4v) is 3.43. The third kappa shape index (κ3) is 6.06. The van der Waals surface area contributed by atoms with Crippen LogP contribution in [0.15, 0.2) is 77.9 Å². The Morgan fingerprint density at radius 2 is 1.77 bits per heavy atom. The highest BCUT2D eigenvalue weighted by Gasteiger charge is 2.30. The second-order valence-electron chi connectivity index (χ2n) is 7.38. The van der Waals surface area contributed by atoms with Gasteiger partial charge in [0.05, 0.1) is 30.3 Å². The van der Waals surface area contributed by atoms with Crippen molar-refractivity contribution >= 4 is 10.9 Å². The Balaban J connectivity index is 0.00000167. The lowest BCUT2D eigenvalue weighted by atomic mass is 10.0. The van der Waals surface area contributed by atoms with E-state index < -0.39 is 24.5 Å².